The number of likely N-dealkylation sites (N-methyl/N-ethyl adjacent to an activating group) is 1. The number of aromatic nitrogens is 1. The first-order valence-corrected chi connectivity index (χ1v) is 10.2. The summed E-state index contributed by atoms with van der Waals surface area (Å²) in [7, 11) is 1.82. The molecule has 2 aromatic rings. The van der Waals surface area contributed by atoms with Gasteiger partial charge < -0.3 is 15.1 Å². The van der Waals surface area contributed by atoms with Gasteiger partial charge in [0.15, 0.2) is 0 Å². The SMILES string of the molecule is Cc1cccc(C)c1NC(=O)CN(C)c1ccc(C(=O)N2CCC(C)CC2)cn1. The van der Waals surface area contributed by atoms with Gasteiger partial charge in [-0.3, -0.25) is 9.59 Å². The molecule has 3 rings (SSSR count). The number of nitrogens with zero attached hydrogens (tertiary/aromatic N) is 3. The molecule has 1 aliphatic heterocycles. The average Bonchev–Trinajstić information content (AvgIpc) is 2.71. The van der Waals surface area contributed by atoms with Crippen molar-refractivity contribution in [3.05, 3.63) is 53.2 Å². The Labute approximate surface area is 172 Å². The van der Waals surface area contributed by atoms with E-state index in [0.29, 0.717) is 17.3 Å². The average molecular weight is 395 g/mol. The Kier molecular flexibility index (Phi) is 6.52. The van der Waals surface area contributed by atoms with Gasteiger partial charge in [0, 0.05) is 32.0 Å². The van der Waals surface area contributed by atoms with Crippen molar-refractivity contribution in [2.24, 2.45) is 5.92 Å². The molecule has 0 spiro atoms. The molecule has 154 valence electrons. The Morgan fingerprint density at radius 2 is 1.79 bits per heavy atom. The van der Waals surface area contributed by atoms with Crippen LogP contribution in [0.1, 0.15) is 41.3 Å². The summed E-state index contributed by atoms with van der Waals surface area (Å²) in [5, 5.41) is 2.99. The second kappa shape index (κ2) is 9.07. The molecular formula is C23H30N4O2. The first-order chi connectivity index (χ1) is 13.8. The van der Waals surface area contributed by atoms with Crippen molar-refractivity contribution in [2.45, 2.75) is 33.6 Å². The Morgan fingerprint density at radius 1 is 1.14 bits per heavy atom. The standard InChI is InChI=1S/C23H30N4O2/c1-16-10-12-27(13-11-16)23(29)19-8-9-20(24-14-19)26(4)15-21(28)25-22-17(2)6-5-7-18(22)3/h5-9,14,16H,10-13,15H2,1-4H3,(H,25,28). The molecule has 1 saturated heterocycles. The predicted octanol–water partition coefficient (Wildman–Crippen LogP) is 3.65. The zero-order valence-corrected chi connectivity index (χ0v) is 17.7. The maximum Gasteiger partial charge on any atom is 0.255 e. The van der Waals surface area contributed by atoms with Crippen LogP contribution >= 0.6 is 0 Å². The van der Waals surface area contributed by atoms with Crippen LogP contribution in [0.15, 0.2) is 36.5 Å². The lowest BCUT2D eigenvalue weighted by atomic mass is 9.99. The van der Waals surface area contributed by atoms with Crippen LogP contribution in [-0.4, -0.2) is 48.4 Å². The Balaban J connectivity index is 1.59. The highest BCUT2D eigenvalue weighted by molar-refractivity contribution is 5.96. The van der Waals surface area contributed by atoms with E-state index in [1.165, 1.54) is 0 Å². The number of piperidine rings is 1. The van der Waals surface area contributed by atoms with Crippen LogP contribution in [0.5, 0.6) is 0 Å². The van der Waals surface area contributed by atoms with E-state index in [4.69, 9.17) is 0 Å². The van der Waals surface area contributed by atoms with Gasteiger partial charge in [0.25, 0.3) is 5.91 Å². The summed E-state index contributed by atoms with van der Waals surface area (Å²) < 4.78 is 0. The number of aryl methyl sites for hydroxylation is 2. The third-order valence-corrected chi connectivity index (χ3v) is 5.58. The van der Waals surface area contributed by atoms with Gasteiger partial charge in [-0.05, 0) is 55.9 Å². The largest absolute Gasteiger partial charge is 0.350 e. The number of hydrogen-bond acceptors (Lipinski definition) is 4. The predicted molar refractivity (Wildman–Crippen MR) is 116 cm³/mol. The number of likely N-dealkylation sites (tertiary alicyclic amines) is 1. The molecule has 1 aromatic heterocycles. The summed E-state index contributed by atoms with van der Waals surface area (Å²) in [5.74, 6) is 1.27. The van der Waals surface area contributed by atoms with Crippen molar-refractivity contribution in [3.63, 3.8) is 0 Å². The lowest BCUT2D eigenvalue weighted by Gasteiger charge is -2.30. The first kappa shape index (κ1) is 20.8. The minimum atomic E-state index is -0.103. The van der Waals surface area contributed by atoms with E-state index in [0.717, 1.165) is 42.7 Å². The minimum Gasteiger partial charge on any atom is -0.350 e. The van der Waals surface area contributed by atoms with E-state index < -0.39 is 0 Å². The van der Waals surface area contributed by atoms with Crippen LogP contribution in [0.2, 0.25) is 0 Å². The van der Waals surface area contributed by atoms with Gasteiger partial charge in [-0.15, -0.1) is 0 Å². The number of nitrogens with one attached hydrogen (secondary N) is 1. The van der Waals surface area contributed by atoms with Gasteiger partial charge >= 0.3 is 0 Å². The number of hydrogen-bond donors (Lipinski definition) is 1. The molecule has 2 heterocycles. The van der Waals surface area contributed by atoms with Crippen LogP contribution in [0.25, 0.3) is 0 Å². The molecular weight excluding hydrogens is 364 g/mol. The lowest BCUT2D eigenvalue weighted by Crippen LogP contribution is -2.38. The second-order valence-electron chi connectivity index (χ2n) is 8.05. The van der Waals surface area contributed by atoms with Crippen LogP contribution in [0.3, 0.4) is 0 Å². The maximum absolute atomic E-state index is 12.6. The van der Waals surface area contributed by atoms with Gasteiger partial charge in [-0.2, -0.15) is 0 Å². The highest BCUT2D eigenvalue weighted by Crippen LogP contribution is 2.20. The highest BCUT2D eigenvalue weighted by Gasteiger charge is 2.22. The molecule has 0 radical (unpaired) electrons. The summed E-state index contributed by atoms with van der Waals surface area (Å²) >= 11 is 0. The molecule has 1 aromatic carbocycles. The highest BCUT2D eigenvalue weighted by atomic mass is 16.2. The number of para-hydroxylation sites is 1. The van der Waals surface area contributed by atoms with E-state index >= 15 is 0 Å². The molecule has 1 fully saturated rings. The summed E-state index contributed by atoms with van der Waals surface area (Å²) in [6.45, 7) is 7.97. The molecule has 0 aliphatic carbocycles. The Morgan fingerprint density at radius 3 is 2.38 bits per heavy atom. The summed E-state index contributed by atoms with van der Waals surface area (Å²) in [6.07, 6.45) is 3.71. The summed E-state index contributed by atoms with van der Waals surface area (Å²) in [4.78, 5) is 33.2. The lowest BCUT2D eigenvalue weighted by molar-refractivity contribution is -0.114. The second-order valence-corrected chi connectivity index (χ2v) is 8.05. The van der Waals surface area contributed by atoms with Crippen molar-refractivity contribution in [1.82, 2.24) is 9.88 Å². The third-order valence-electron chi connectivity index (χ3n) is 5.58. The smallest absolute Gasteiger partial charge is 0.255 e. The van der Waals surface area contributed by atoms with E-state index in [9.17, 15) is 9.59 Å². The van der Waals surface area contributed by atoms with Crippen molar-refractivity contribution in [2.75, 3.05) is 36.9 Å². The number of anilines is 2. The molecule has 0 bridgehead atoms. The number of rotatable bonds is 5. The molecule has 1 aliphatic rings. The van der Waals surface area contributed by atoms with Crippen LogP contribution in [0, 0.1) is 19.8 Å². The van der Waals surface area contributed by atoms with E-state index in [-0.39, 0.29) is 18.4 Å². The van der Waals surface area contributed by atoms with Crippen molar-refractivity contribution in [1.29, 1.82) is 0 Å². The molecule has 6 nitrogen and oxygen atoms in total. The molecule has 2 amide bonds. The molecule has 0 unspecified atom stereocenters. The molecule has 6 heteroatoms. The molecule has 1 N–H and O–H groups in total. The number of pyridine rings is 1. The number of carbonyl (C=O) groups excluding carboxylic acids is 2. The van der Waals surface area contributed by atoms with Crippen LogP contribution in [-0.2, 0) is 4.79 Å². The molecule has 0 atom stereocenters. The third kappa shape index (κ3) is 5.13. The summed E-state index contributed by atoms with van der Waals surface area (Å²) in [5.41, 5.74) is 3.52. The van der Waals surface area contributed by atoms with Gasteiger partial charge in [0.1, 0.15) is 5.82 Å². The van der Waals surface area contributed by atoms with Gasteiger partial charge in [-0.25, -0.2) is 4.98 Å². The fourth-order valence-corrected chi connectivity index (χ4v) is 3.62. The van der Waals surface area contributed by atoms with Crippen molar-refractivity contribution >= 4 is 23.3 Å². The summed E-state index contributed by atoms with van der Waals surface area (Å²) in [6, 6.07) is 9.53. The number of amides is 2. The van der Waals surface area contributed by atoms with E-state index in [1.807, 2.05) is 44.0 Å². The van der Waals surface area contributed by atoms with E-state index in [2.05, 4.69) is 17.2 Å². The van der Waals surface area contributed by atoms with Crippen molar-refractivity contribution in [3.8, 4) is 0 Å². The minimum absolute atomic E-state index is 0.0337. The van der Waals surface area contributed by atoms with Crippen LogP contribution < -0.4 is 10.2 Å². The maximum atomic E-state index is 12.6. The molecule has 29 heavy (non-hydrogen) atoms. The van der Waals surface area contributed by atoms with Gasteiger partial charge in [0.05, 0.1) is 12.1 Å². The van der Waals surface area contributed by atoms with Gasteiger partial charge in [-0.1, -0.05) is 25.1 Å². The normalized spacial score (nSPS) is 14.6. The Hall–Kier alpha value is -2.89. The molecule has 0 saturated carbocycles. The number of benzene rings is 1. The fraction of sp³-hybridized carbons (Fsp3) is 0.435. The van der Waals surface area contributed by atoms with Gasteiger partial charge in [0.2, 0.25) is 5.91 Å². The first-order valence-electron chi connectivity index (χ1n) is 10.2. The van der Waals surface area contributed by atoms with Crippen molar-refractivity contribution < 1.29 is 9.59 Å². The number of carbonyl (C=O) groups is 2. The fourth-order valence-electron chi connectivity index (χ4n) is 3.62. The zero-order valence-electron chi connectivity index (χ0n) is 17.7. The monoisotopic (exact) mass is 394 g/mol. The van der Waals surface area contributed by atoms with E-state index in [1.54, 1.807) is 23.2 Å². The van der Waals surface area contributed by atoms with Crippen LogP contribution in [0.4, 0.5) is 11.5 Å². The zero-order chi connectivity index (χ0) is 21.0. The Bertz CT molecular complexity index is 851. The topological polar surface area (TPSA) is 65.5 Å². The quantitative estimate of drug-likeness (QED) is 0.841.